The van der Waals surface area contributed by atoms with Crippen molar-refractivity contribution < 1.29 is 23.7 Å². The Bertz CT molecular complexity index is 1520. The van der Waals surface area contributed by atoms with E-state index in [0.717, 1.165) is 0 Å². The summed E-state index contributed by atoms with van der Waals surface area (Å²) in [6.45, 7) is 1.33. The third-order valence-corrected chi connectivity index (χ3v) is 6.49. The van der Waals surface area contributed by atoms with Gasteiger partial charge in [0.15, 0.2) is 23.0 Å². The van der Waals surface area contributed by atoms with Gasteiger partial charge in [0.1, 0.15) is 23.0 Å². The lowest BCUT2D eigenvalue weighted by atomic mass is 10.2. The van der Waals surface area contributed by atoms with Crippen LogP contribution in [0.25, 0.3) is 0 Å². The van der Waals surface area contributed by atoms with E-state index in [-0.39, 0.29) is 24.2 Å². The molecule has 0 saturated carbocycles. The fraction of sp³-hybridized carbons (Fsp3) is 0.200. The maximum absolute atomic E-state index is 6.38. The summed E-state index contributed by atoms with van der Waals surface area (Å²) in [7, 11) is 1.63. The molecule has 0 fully saturated rings. The van der Waals surface area contributed by atoms with E-state index in [0.29, 0.717) is 69.2 Å². The van der Waals surface area contributed by atoms with E-state index in [4.69, 9.17) is 70.1 Å². The van der Waals surface area contributed by atoms with Crippen LogP contribution in [0.15, 0.2) is 48.8 Å². The average Bonchev–Trinajstić information content (AvgIpc) is 3.62. The van der Waals surface area contributed by atoms with Gasteiger partial charge in [0, 0.05) is 26.0 Å². The van der Waals surface area contributed by atoms with Crippen molar-refractivity contribution in [3.63, 3.8) is 0 Å². The van der Waals surface area contributed by atoms with Gasteiger partial charge in [-0.05, 0) is 59.6 Å². The van der Waals surface area contributed by atoms with Gasteiger partial charge in [-0.1, -0.05) is 23.2 Å². The van der Waals surface area contributed by atoms with Crippen molar-refractivity contribution in [3.05, 3.63) is 69.4 Å². The third-order valence-electron chi connectivity index (χ3n) is 5.51. The number of benzene rings is 2. The Morgan fingerprint density at radius 3 is 2.15 bits per heavy atom. The normalized spacial score (nSPS) is 12.5. The Kier molecular flexibility index (Phi) is 8.98. The molecule has 15 heteroatoms. The molecule has 2 aromatic heterocycles. The van der Waals surface area contributed by atoms with E-state index in [1.165, 1.54) is 0 Å². The number of hydrogen-bond acceptors (Lipinski definition) is 11. The Morgan fingerprint density at radius 2 is 1.45 bits per heavy atom. The first-order valence-corrected chi connectivity index (χ1v) is 13.1. The van der Waals surface area contributed by atoms with Crippen LogP contribution in [0.1, 0.15) is 0 Å². The SMILES string of the molecule is COCCN(c1ccnc(Cl)n1)c1c(Cl)ccc2c1OCO2.Clc1nccc(Nc2c(Cl)ccc3c2OCO3)n1. The van der Waals surface area contributed by atoms with Crippen molar-refractivity contribution in [1.82, 2.24) is 19.9 Å². The average molecular weight is 626 g/mol. The second kappa shape index (κ2) is 12.8. The molecule has 0 aliphatic carbocycles. The first kappa shape index (κ1) is 28.1. The second-order valence-corrected chi connectivity index (χ2v) is 9.44. The third kappa shape index (κ3) is 6.29. The molecule has 40 heavy (non-hydrogen) atoms. The van der Waals surface area contributed by atoms with Gasteiger partial charge < -0.3 is 33.9 Å². The van der Waals surface area contributed by atoms with Gasteiger partial charge in [0.2, 0.25) is 24.2 Å². The number of anilines is 4. The van der Waals surface area contributed by atoms with E-state index in [1.807, 2.05) is 4.90 Å². The van der Waals surface area contributed by atoms with Crippen LogP contribution in [0, 0.1) is 0 Å². The van der Waals surface area contributed by atoms with E-state index >= 15 is 0 Å². The van der Waals surface area contributed by atoms with E-state index in [9.17, 15) is 0 Å². The minimum absolute atomic E-state index is 0.154. The Balaban J connectivity index is 0.000000164. The van der Waals surface area contributed by atoms with Crippen LogP contribution in [-0.4, -0.2) is 53.8 Å². The molecule has 208 valence electrons. The van der Waals surface area contributed by atoms with Gasteiger partial charge in [0.25, 0.3) is 0 Å². The van der Waals surface area contributed by atoms with Crippen LogP contribution < -0.4 is 29.2 Å². The molecule has 6 rings (SSSR count). The lowest BCUT2D eigenvalue weighted by Crippen LogP contribution is -2.23. The van der Waals surface area contributed by atoms with Gasteiger partial charge >= 0.3 is 0 Å². The highest BCUT2D eigenvalue weighted by atomic mass is 35.5. The van der Waals surface area contributed by atoms with Gasteiger partial charge in [-0.15, -0.1) is 0 Å². The number of nitrogens with zero attached hydrogens (tertiary/aromatic N) is 5. The molecule has 2 aliphatic heterocycles. The smallest absolute Gasteiger partial charge is 0.231 e. The van der Waals surface area contributed by atoms with Crippen molar-refractivity contribution in [2.24, 2.45) is 0 Å². The van der Waals surface area contributed by atoms with E-state index in [2.05, 4.69) is 25.3 Å². The highest BCUT2D eigenvalue weighted by Gasteiger charge is 2.26. The second-order valence-electron chi connectivity index (χ2n) is 7.95. The van der Waals surface area contributed by atoms with Crippen LogP contribution in [-0.2, 0) is 4.74 Å². The molecular formula is C25H20Cl4N6O5. The van der Waals surface area contributed by atoms with Gasteiger partial charge in [-0.2, -0.15) is 0 Å². The van der Waals surface area contributed by atoms with Crippen molar-refractivity contribution in [1.29, 1.82) is 0 Å². The fourth-order valence-corrected chi connectivity index (χ4v) is 4.52. The standard InChI is InChI=1S/C14H13Cl2N3O3.C11H7Cl2N3O2/c1-20-7-6-19(11-4-5-17-14(16)18-11)12-9(15)2-3-10-13(12)22-8-21-10;12-6-1-2-7-10(18-5-17-7)9(6)15-8-3-4-14-11(13)16-8/h2-5H,6-8H2,1H3;1-4H,5H2,(H,14,15,16). The van der Waals surface area contributed by atoms with Crippen LogP contribution >= 0.6 is 46.4 Å². The number of fused-ring (bicyclic) bond motifs is 2. The molecule has 4 aromatic rings. The highest BCUT2D eigenvalue weighted by molar-refractivity contribution is 6.34. The molecule has 0 spiro atoms. The van der Waals surface area contributed by atoms with Crippen LogP contribution in [0.3, 0.4) is 0 Å². The van der Waals surface area contributed by atoms with Gasteiger partial charge in [-0.25, -0.2) is 19.9 Å². The number of rotatable bonds is 7. The minimum atomic E-state index is 0.154. The molecule has 11 nitrogen and oxygen atoms in total. The summed E-state index contributed by atoms with van der Waals surface area (Å²) in [5.41, 5.74) is 1.27. The van der Waals surface area contributed by atoms with Crippen molar-refractivity contribution >= 4 is 69.4 Å². The fourth-order valence-electron chi connectivity index (χ4n) is 3.78. The number of ether oxygens (including phenoxy) is 5. The van der Waals surface area contributed by atoms with E-state index in [1.54, 1.807) is 55.9 Å². The summed E-state index contributed by atoms with van der Waals surface area (Å²) in [5.74, 6) is 3.56. The van der Waals surface area contributed by atoms with Crippen LogP contribution in [0.5, 0.6) is 23.0 Å². The number of halogens is 4. The molecule has 0 amide bonds. The summed E-state index contributed by atoms with van der Waals surface area (Å²) in [6.07, 6.45) is 3.13. The van der Waals surface area contributed by atoms with Gasteiger partial charge in [-0.3, -0.25) is 0 Å². The predicted octanol–water partition coefficient (Wildman–Crippen LogP) is 6.55. The summed E-state index contributed by atoms with van der Waals surface area (Å²) < 4.78 is 26.8. The lowest BCUT2D eigenvalue weighted by Gasteiger charge is -2.25. The zero-order valence-electron chi connectivity index (χ0n) is 20.7. The molecule has 4 heterocycles. The topological polar surface area (TPSA) is 113 Å². The number of aromatic nitrogens is 4. The predicted molar refractivity (Wildman–Crippen MR) is 151 cm³/mol. The van der Waals surface area contributed by atoms with Crippen LogP contribution in [0.2, 0.25) is 20.6 Å². The molecule has 0 radical (unpaired) electrons. The number of hydrogen-bond donors (Lipinski definition) is 1. The van der Waals surface area contributed by atoms with Gasteiger partial charge in [0.05, 0.1) is 16.7 Å². The molecule has 0 unspecified atom stereocenters. The lowest BCUT2D eigenvalue weighted by molar-refractivity contribution is 0.174. The molecular weight excluding hydrogens is 606 g/mol. The molecule has 2 aromatic carbocycles. The summed E-state index contributed by atoms with van der Waals surface area (Å²) >= 11 is 24.1. The molecule has 1 N–H and O–H groups in total. The maximum Gasteiger partial charge on any atom is 0.231 e. The monoisotopic (exact) mass is 624 g/mol. The maximum atomic E-state index is 6.38. The number of nitrogens with one attached hydrogen (secondary N) is 1. The zero-order valence-corrected chi connectivity index (χ0v) is 23.8. The summed E-state index contributed by atoms with van der Waals surface area (Å²) in [4.78, 5) is 17.8. The summed E-state index contributed by atoms with van der Waals surface area (Å²) in [6, 6.07) is 10.4. The Labute approximate surface area is 248 Å². The quantitative estimate of drug-likeness (QED) is 0.225. The first-order valence-electron chi connectivity index (χ1n) is 11.6. The zero-order chi connectivity index (χ0) is 28.1. The van der Waals surface area contributed by atoms with Crippen molar-refractivity contribution in [3.8, 4) is 23.0 Å². The first-order chi connectivity index (χ1) is 19.4. The minimum Gasteiger partial charge on any atom is -0.454 e. The summed E-state index contributed by atoms with van der Waals surface area (Å²) in [5, 5.41) is 4.38. The van der Waals surface area contributed by atoms with E-state index < -0.39 is 0 Å². The van der Waals surface area contributed by atoms with Crippen molar-refractivity contribution in [2.75, 3.05) is 44.1 Å². The highest BCUT2D eigenvalue weighted by Crippen LogP contribution is 2.47. The molecule has 0 bridgehead atoms. The number of methoxy groups -OCH3 is 1. The molecule has 2 aliphatic rings. The van der Waals surface area contributed by atoms with Crippen LogP contribution in [0.4, 0.5) is 23.0 Å². The Hall–Kier alpha value is -3.48. The molecule has 0 atom stereocenters. The van der Waals surface area contributed by atoms with Crippen molar-refractivity contribution in [2.45, 2.75) is 0 Å². The molecule has 0 saturated heterocycles. The largest absolute Gasteiger partial charge is 0.454 e. The Morgan fingerprint density at radius 1 is 0.800 bits per heavy atom.